The molecule has 2 fully saturated rings. The maximum Gasteiger partial charge on any atom is 0.227 e. The molecule has 0 aromatic heterocycles. The summed E-state index contributed by atoms with van der Waals surface area (Å²) in [5.41, 5.74) is 2.00. The zero-order valence-corrected chi connectivity index (χ0v) is 13.8. The van der Waals surface area contributed by atoms with E-state index < -0.39 is 0 Å². The van der Waals surface area contributed by atoms with Crippen LogP contribution in [-0.4, -0.2) is 30.2 Å². The Morgan fingerprint density at radius 3 is 2.35 bits per heavy atom. The smallest absolute Gasteiger partial charge is 0.227 e. The topological polar surface area (TPSA) is 52.6 Å². The number of nitrogens with zero attached hydrogens (tertiary/aromatic N) is 1. The van der Waals surface area contributed by atoms with Crippen LogP contribution < -0.4 is 10.2 Å². The van der Waals surface area contributed by atoms with Crippen molar-refractivity contribution in [2.45, 2.75) is 57.5 Å². The number of nitrogens with one attached hydrogen (secondary N) is 1. The molecule has 1 heterocycles. The number of piperidine rings is 1. The van der Waals surface area contributed by atoms with Crippen molar-refractivity contribution in [2.24, 2.45) is 5.92 Å². The van der Waals surface area contributed by atoms with E-state index in [1.807, 2.05) is 18.2 Å². The van der Waals surface area contributed by atoms with Crippen LogP contribution in [0.15, 0.2) is 24.3 Å². The average molecular weight is 316 g/mol. The molecule has 1 amide bonds. The minimum absolute atomic E-state index is 0.161. The summed E-state index contributed by atoms with van der Waals surface area (Å²) < 4.78 is 0. The fourth-order valence-electron chi connectivity index (χ4n) is 3.74. The molecule has 1 aromatic rings. The van der Waals surface area contributed by atoms with Gasteiger partial charge in [0.05, 0.1) is 17.5 Å². The van der Waals surface area contributed by atoms with Gasteiger partial charge in [-0.2, -0.15) is 0 Å². The van der Waals surface area contributed by atoms with E-state index in [-0.39, 0.29) is 17.9 Å². The van der Waals surface area contributed by atoms with Gasteiger partial charge in [-0.15, -0.1) is 0 Å². The lowest BCUT2D eigenvalue weighted by Crippen LogP contribution is -2.36. The van der Waals surface area contributed by atoms with E-state index in [1.54, 1.807) is 0 Å². The van der Waals surface area contributed by atoms with Crippen LogP contribution in [-0.2, 0) is 4.79 Å². The zero-order chi connectivity index (χ0) is 16.1. The third-order valence-corrected chi connectivity index (χ3v) is 5.19. The van der Waals surface area contributed by atoms with Crippen molar-refractivity contribution in [2.75, 3.05) is 23.3 Å². The molecular weight excluding hydrogens is 288 g/mol. The molecule has 1 aliphatic heterocycles. The third-order valence-electron chi connectivity index (χ3n) is 5.19. The minimum atomic E-state index is -0.181. The monoisotopic (exact) mass is 316 g/mol. The first-order chi connectivity index (χ1) is 11.2. The lowest BCUT2D eigenvalue weighted by atomic mass is 9.99. The van der Waals surface area contributed by atoms with Crippen LogP contribution in [0.5, 0.6) is 0 Å². The largest absolute Gasteiger partial charge is 0.393 e. The lowest BCUT2D eigenvalue weighted by molar-refractivity contribution is -0.120. The Morgan fingerprint density at radius 1 is 1.00 bits per heavy atom. The van der Waals surface area contributed by atoms with Gasteiger partial charge in [-0.1, -0.05) is 37.8 Å². The number of anilines is 2. The number of para-hydroxylation sites is 2. The molecule has 1 aliphatic carbocycles. The molecule has 3 rings (SSSR count). The molecule has 4 nitrogen and oxygen atoms in total. The van der Waals surface area contributed by atoms with Crippen LogP contribution in [0.1, 0.15) is 51.4 Å². The van der Waals surface area contributed by atoms with Gasteiger partial charge in [0.2, 0.25) is 5.91 Å². The lowest BCUT2D eigenvalue weighted by Gasteiger charge is -2.33. The number of aliphatic hydroxyl groups excluding tert-OH is 1. The van der Waals surface area contributed by atoms with Crippen LogP contribution in [0.2, 0.25) is 0 Å². The number of benzene rings is 1. The van der Waals surface area contributed by atoms with Gasteiger partial charge in [0.25, 0.3) is 0 Å². The molecular formula is C19H28N2O2. The molecule has 1 aromatic carbocycles. The number of hydrogen-bond donors (Lipinski definition) is 2. The SMILES string of the molecule is O=C(Nc1ccccc1N1CCC(O)CC1)C1CCCCCC1. The van der Waals surface area contributed by atoms with Gasteiger partial charge in [-0.25, -0.2) is 0 Å². The van der Waals surface area contributed by atoms with Gasteiger partial charge >= 0.3 is 0 Å². The summed E-state index contributed by atoms with van der Waals surface area (Å²) in [5.74, 6) is 0.338. The molecule has 0 bridgehead atoms. The van der Waals surface area contributed by atoms with E-state index in [2.05, 4.69) is 16.3 Å². The normalized spacial score (nSPS) is 21.0. The van der Waals surface area contributed by atoms with Crippen LogP contribution >= 0.6 is 0 Å². The van der Waals surface area contributed by atoms with E-state index in [0.29, 0.717) is 0 Å². The molecule has 0 radical (unpaired) electrons. The summed E-state index contributed by atoms with van der Waals surface area (Å²) in [6.45, 7) is 1.69. The summed E-state index contributed by atoms with van der Waals surface area (Å²) in [5, 5.41) is 12.9. The van der Waals surface area contributed by atoms with Crippen molar-refractivity contribution in [3.63, 3.8) is 0 Å². The number of hydrogen-bond acceptors (Lipinski definition) is 3. The van der Waals surface area contributed by atoms with Crippen molar-refractivity contribution in [1.29, 1.82) is 0 Å². The summed E-state index contributed by atoms with van der Waals surface area (Å²) in [6.07, 6.45) is 8.31. The van der Waals surface area contributed by atoms with Gasteiger partial charge in [0, 0.05) is 19.0 Å². The fraction of sp³-hybridized carbons (Fsp3) is 0.632. The summed E-state index contributed by atoms with van der Waals surface area (Å²) in [4.78, 5) is 14.9. The average Bonchev–Trinajstić information content (AvgIpc) is 2.86. The fourth-order valence-corrected chi connectivity index (χ4v) is 3.74. The van der Waals surface area contributed by atoms with Crippen molar-refractivity contribution < 1.29 is 9.90 Å². The predicted octanol–water partition coefficient (Wildman–Crippen LogP) is 3.56. The molecule has 0 atom stereocenters. The molecule has 0 unspecified atom stereocenters. The first kappa shape index (κ1) is 16.3. The molecule has 1 saturated heterocycles. The van der Waals surface area contributed by atoms with Crippen LogP contribution in [0.25, 0.3) is 0 Å². The molecule has 1 saturated carbocycles. The number of rotatable bonds is 3. The Bertz CT molecular complexity index is 516. The number of amides is 1. The van der Waals surface area contributed by atoms with Crippen LogP contribution in [0.4, 0.5) is 11.4 Å². The highest BCUT2D eigenvalue weighted by Crippen LogP contribution is 2.30. The van der Waals surface area contributed by atoms with Gasteiger partial charge in [0.15, 0.2) is 0 Å². The molecule has 4 heteroatoms. The molecule has 23 heavy (non-hydrogen) atoms. The highest BCUT2D eigenvalue weighted by Gasteiger charge is 2.23. The number of carbonyl (C=O) groups is 1. The first-order valence-corrected chi connectivity index (χ1v) is 9.07. The maximum atomic E-state index is 12.6. The van der Waals surface area contributed by atoms with Crippen molar-refractivity contribution >= 4 is 17.3 Å². The Morgan fingerprint density at radius 2 is 1.65 bits per heavy atom. The standard InChI is InChI=1S/C19H28N2O2/c22-16-11-13-21(14-12-16)18-10-6-5-9-17(18)20-19(23)15-7-3-1-2-4-8-15/h5-6,9-10,15-16,22H,1-4,7-8,11-14H2,(H,20,23). The highest BCUT2D eigenvalue weighted by atomic mass is 16.3. The van der Waals surface area contributed by atoms with E-state index in [4.69, 9.17) is 0 Å². The van der Waals surface area contributed by atoms with E-state index >= 15 is 0 Å². The van der Waals surface area contributed by atoms with Gasteiger partial charge in [-0.3, -0.25) is 4.79 Å². The summed E-state index contributed by atoms with van der Waals surface area (Å²) >= 11 is 0. The van der Waals surface area contributed by atoms with E-state index in [0.717, 1.165) is 50.1 Å². The van der Waals surface area contributed by atoms with E-state index in [1.165, 1.54) is 25.7 Å². The Hall–Kier alpha value is -1.55. The van der Waals surface area contributed by atoms with E-state index in [9.17, 15) is 9.90 Å². The predicted molar refractivity (Wildman–Crippen MR) is 93.7 cm³/mol. The molecule has 2 aliphatic rings. The van der Waals surface area contributed by atoms with Crippen molar-refractivity contribution in [3.8, 4) is 0 Å². The Balaban J connectivity index is 1.68. The molecule has 126 valence electrons. The second-order valence-corrected chi connectivity index (χ2v) is 6.91. The van der Waals surface area contributed by atoms with Gasteiger partial charge in [0.1, 0.15) is 0 Å². The second kappa shape index (κ2) is 7.82. The third kappa shape index (κ3) is 4.25. The second-order valence-electron chi connectivity index (χ2n) is 6.91. The van der Waals surface area contributed by atoms with Gasteiger partial charge < -0.3 is 15.3 Å². The molecule has 2 N–H and O–H groups in total. The minimum Gasteiger partial charge on any atom is -0.393 e. The highest BCUT2D eigenvalue weighted by molar-refractivity contribution is 5.95. The van der Waals surface area contributed by atoms with Crippen LogP contribution in [0.3, 0.4) is 0 Å². The quantitative estimate of drug-likeness (QED) is 0.838. The summed E-state index contributed by atoms with van der Waals surface area (Å²) in [6, 6.07) is 8.06. The Labute approximate surface area is 138 Å². The number of carbonyl (C=O) groups excluding carboxylic acids is 1. The molecule has 0 spiro atoms. The maximum absolute atomic E-state index is 12.6. The summed E-state index contributed by atoms with van der Waals surface area (Å²) in [7, 11) is 0. The van der Waals surface area contributed by atoms with Crippen molar-refractivity contribution in [1.82, 2.24) is 0 Å². The number of aliphatic hydroxyl groups is 1. The zero-order valence-electron chi connectivity index (χ0n) is 13.8. The Kier molecular flexibility index (Phi) is 5.55. The van der Waals surface area contributed by atoms with Crippen molar-refractivity contribution in [3.05, 3.63) is 24.3 Å². The van der Waals surface area contributed by atoms with Gasteiger partial charge in [-0.05, 0) is 37.8 Å². The first-order valence-electron chi connectivity index (χ1n) is 9.07. The van der Waals surface area contributed by atoms with Crippen LogP contribution in [0, 0.1) is 5.92 Å².